The summed E-state index contributed by atoms with van der Waals surface area (Å²) >= 11 is 0. The third-order valence-electron chi connectivity index (χ3n) is 5.65. The molecule has 0 bridgehead atoms. The van der Waals surface area contributed by atoms with Crippen molar-refractivity contribution in [1.29, 1.82) is 0 Å². The lowest BCUT2D eigenvalue weighted by molar-refractivity contribution is -0.126. The first-order chi connectivity index (χ1) is 12.0. The smallest absolute Gasteiger partial charge is 0.313 e. The van der Waals surface area contributed by atoms with Crippen LogP contribution in [0.2, 0.25) is 0 Å². The molecular weight excluding hydrogens is 320 g/mol. The molecule has 4 heterocycles. The standard InChI is InChI=1S/C17H26N6O2/c1-11-5-4-6-21(9-11)7-8-22-12(2)10-23-13-14(18-16(22)23)20(3)17(25)19-15(13)24/h10-11,13-14H,4-9H2,1-3H3,(H,19,24,25). The number of nitrogens with zero attached hydrogens (tertiary/aromatic N) is 5. The number of carbonyl (C=O) groups excluding carboxylic acids is 2. The van der Waals surface area contributed by atoms with E-state index in [1.807, 2.05) is 18.0 Å². The Hall–Kier alpha value is -2.09. The van der Waals surface area contributed by atoms with Gasteiger partial charge in [0, 0.05) is 38.6 Å². The minimum atomic E-state index is -0.465. The number of guanidine groups is 1. The number of amides is 3. The van der Waals surface area contributed by atoms with Gasteiger partial charge in [0.05, 0.1) is 0 Å². The molecule has 3 amide bonds. The van der Waals surface area contributed by atoms with Gasteiger partial charge in [-0.05, 0) is 32.2 Å². The number of likely N-dealkylation sites (N-methyl/N-ethyl adjacent to an activating group) is 1. The van der Waals surface area contributed by atoms with Crippen molar-refractivity contribution in [1.82, 2.24) is 24.9 Å². The van der Waals surface area contributed by atoms with Gasteiger partial charge < -0.3 is 19.6 Å². The Balaban J connectivity index is 1.48. The minimum absolute atomic E-state index is 0.275. The number of hydrogen-bond donors (Lipinski definition) is 1. The van der Waals surface area contributed by atoms with Gasteiger partial charge >= 0.3 is 6.03 Å². The van der Waals surface area contributed by atoms with Crippen LogP contribution < -0.4 is 5.32 Å². The van der Waals surface area contributed by atoms with Gasteiger partial charge in [0.1, 0.15) is 0 Å². The van der Waals surface area contributed by atoms with Crippen LogP contribution >= 0.6 is 0 Å². The van der Waals surface area contributed by atoms with Crippen molar-refractivity contribution in [3.63, 3.8) is 0 Å². The van der Waals surface area contributed by atoms with E-state index in [4.69, 9.17) is 4.99 Å². The lowest BCUT2D eigenvalue weighted by Crippen LogP contribution is -2.62. The summed E-state index contributed by atoms with van der Waals surface area (Å²) in [6.07, 6.45) is 4.11. The van der Waals surface area contributed by atoms with Crippen molar-refractivity contribution in [3.05, 3.63) is 11.9 Å². The van der Waals surface area contributed by atoms with Crippen LogP contribution in [0.3, 0.4) is 0 Å². The molecule has 8 heteroatoms. The summed E-state index contributed by atoms with van der Waals surface area (Å²) in [6.45, 7) is 8.50. The van der Waals surface area contributed by atoms with E-state index in [2.05, 4.69) is 22.0 Å². The molecule has 3 atom stereocenters. The molecule has 4 rings (SSSR count). The molecular formula is C17H26N6O2. The fraction of sp³-hybridized carbons (Fsp3) is 0.706. The van der Waals surface area contributed by atoms with Crippen LogP contribution in [0, 0.1) is 5.92 Å². The van der Waals surface area contributed by atoms with Gasteiger partial charge in [-0.25, -0.2) is 9.79 Å². The quantitative estimate of drug-likeness (QED) is 0.803. The molecule has 0 spiro atoms. The van der Waals surface area contributed by atoms with Crippen molar-refractivity contribution in [3.8, 4) is 0 Å². The molecule has 0 aromatic heterocycles. The fourth-order valence-electron chi connectivity index (χ4n) is 4.25. The van der Waals surface area contributed by atoms with E-state index in [0.29, 0.717) is 0 Å². The van der Waals surface area contributed by atoms with E-state index in [1.54, 1.807) is 7.05 Å². The van der Waals surface area contributed by atoms with Gasteiger partial charge in [-0.15, -0.1) is 0 Å². The van der Waals surface area contributed by atoms with Crippen LogP contribution in [-0.4, -0.2) is 82.9 Å². The van der Waals surface area contributed by atoms with Crippen LogP contribution in [0.5, 0.6) is 0 Å². The first-order valence-electron chi connectivity index (χ1n) is 9.08. The fourth-order valence-corrected chi connectivity index (χ4v) is 4.25. The van der Waals surface area contributed by atoms with E-state index >= 15 is 0 Å². The zero-order valence-electron chi connectivity index (χ0n) is 15.1. The Kier molecular flexibility index (Phi) is 3.94. The number of likely N-dealkylation sites (tertiary alicyclic amines) is 1. The Labute approximate surface area is 148 Å². The number of nitrogens with one attached hydrogen (secondary N) is 1. The van der Waals surface area contributed by atoms with Crippen molar-refractivity contribution in [2.75, 3.05) is 33.2 Å². The molecule has 0 aliphatic carbocycles. The summed E-state index contributed by atoms with van der Waals surface area (Å²) in [6, 6.07) is -0.848. The summed E-state index contributed by atoms with van der Waals surface area (Å²) in [5.74, 6) is 1.27. The molecule has 136 valence electrons. The van der Waals surface area contributed by atoms with Crippen LogP contribution in [0.1, 0.15) is 26.7 Å². The van der Waals surface area contributed by atoms with Gasteiger partial charge in [-0.2, -0.15) is 0 Å². The van der Waals surface area contributed by atoms with Gasteiger partial charge in [0.2, 0.25) is 5.96 Å². The Morgan fingerprint density at radius 2 is 2.12 bits per heavy atom. The molecule has 0 aromatic carbocycles. The van der Waals surface area contributed by atoms with Gasteiger partial charge in [0.15, 0.2) is 12.2 Å². The second kappa shape index (κ2) is 6.01. The summed E-state index contributed by atoms with van der Waals surface area (Å²) < 4.78 is 0. The number of allylic oxidation sites excluding steroid dienone is 1. The predicted molar refractivity (Wildman–Crippen MR) is 93.5 cm³/mol. The largest absolute Gasteiger partial charge is 0.325 e. The number of aliphatic imine (C=N–C) groups is 1. The van der Waals surface area contributed by atoms with Crippen molar-refractivity contribution in [2.45, 2.75) is 38.9 Å². The molecule has 25 heavy (non-hydrogen) atoms. The van der Waals surface area contributed by atoms with Crippen molar-refractivity contribution < 1.29 is 9.59 Å². The number of piperidine rings is 1. The van der Waals surface area contributed by atoms with Crippen molar-refractivity contribution >= 4 is 17.9 Å². The molecule has 0 aromatic rings. The first kappa shape index (κ1) is 16.4. The van der Waals surface area contributed by atoms with Crippen molar-refractivity contribution in [2.24, 2.45) is 10.9 Å². The SMILES string of the molecule is CC1=CN2C(=NC3C2C(=O)NC(=O)N3C)N1CCN1CCCC(C)C1. The van der Waals surface area contributed by atoms with E-state index < -0.39 is 12.2 Å². The van der Waals surface area contributed by atoms with Crippen LogP contribution in [0.15, 0.2) is 16.9 Å². The summed E-state index contributed by atoms with van der Waals surface area (Å²) in [4.78, 5) is 36.9. The monoisotopic (exact) mass is 346 g/mol. The number of imide groups is 1. The van der Waals surface area contributed by atoms with Gasteiger partial charge in [-0.3, -0.25) is 10.1 Å². The topological polar surface area (TPSA) is 71.5 Å². The molecule has 0 saturated carbocycles. The average molecular weight is 346 g/mol. The van der Waals surface area contributed by atoms with Crippen LogP contribution in [0.25, 0.3) is 0 Å². The zero-order chi connectivity index (χ0) is 17.7. The number of urea groups is 1. The van der Waals surface area contributed by atoms with Gasteiger partial charge in [-0.1, -0.05) is 6.92 Å². The highest BCUT2D eigenvalue weighted by atomic mass is 16.2. The van der Waals surface area contributed by atoms with Crippen LogP contribution in [0.4, 0.5) is 4.79 Å². The molecule has 4 aliphatic heterocycles. The van der Waals surface area contributed by atoms with E-state index in [0.717, 1.165) is 43.8 Å². The van der Waals surface area contributed by atoms with E-state index in [-0.39, 0.29) is 11.9 Å². The summed E-state index contributed by atoms with van der Waals surface area (Å²) in [7, 11) is 1.68. The predicted octanol–water partition coefficient (Wildman–Crippen LogP) is 0.443. The third kappa shape index (κ3) is 2.68. The maximum absolute atomic E-state index is 12.3. The normalized spacial score (nSPS) is 32.4. The maximum atomic E-state index is 12.3. The second-order valence-corrected chi connectivity index (χ2v) is 7.57. The lowest BCUT2D eigenvalue weighted by atomic mass is 10.0. The molecule has 1 N–H and O–H groups in total. The highest BCUT2D eigenvalue weighted by Gasteiger charge is 2.51. The van der Waals surface area contributed by atoms with Gasteiger partial charge in [0.25, 0.3) is 5.91 Å². The molecule has 2 fully saturated rings. The average Bonchev–Trinajstić information content (AvgIpc) is 3.06. The number of hydrogen-bond acceptors (Lipinski definition) is 6. The van der Waals surface area contributed by atoms with E-state index in [1.165, 1.54) is 17.7 Å². The highest BCUT2D eigenvalue weighted by molar-refractivity contribution is 6.04. The second-order valence-electron chi connectivity index (χ2n) is 7.57. The Bertz CT molecular complexity index is 660. The molecule has 4 aliphatic rings. The molecule has 3 unspecified atom stereocenters. The van der Waals surface area contributed by atoms with Crippen LogP contribution in [-0.2, 0) is 4.79 Å². The van der Waals surface area contributed by atoms with E-state index in [9.17, 15) is 9.59 Å². The first-order valence-corrected chi connectivity index (χ1v) is 9.08. The molecule has 8 nitrogen and oxygen atoms in total. The minimum Gasteiger partial charge on any atom is -0.313 e. The lowest BCUT2D eigenvalue weighted by Gasteiger charge is -2.34. The number of carbonyl (C=O) groups is 2. The Morgan fingerprint density at radius 1 is 1.32 bits per heavy atom. The summed E-state index contributed by atoms with van der Waals surface area (Å²) in [5, 5.41) is 2.41. The Morgan fingerprint density at radius 3 is 2.88 bits per heavy atom. The maximum Gasteiger partial charge on any atom is 0.325 e. The highest BCUT2D eigenvalue weighted by Crippen LogP contribution is 2.31. The molecule has 0 radical (unpaired) electrons. The number of rotatable bonds is 3. The third-order valence-corrected chi connectivity index (χ3v) is 5.65. The number of fused-ring (bicyclic) bond motifs is 3. The molecule has 2 saturated heterocycles. The zero-order valence-corrected chi connectivity index (χ0v) is 15.1. The summed E-state index contributed by atoms with van der Waals surface area (Å²) in [5.41, 5.74) is 1.09.